The number of carbonyl (C=O) groups is 3. The number of Topliss-reactive ketones (excluding diaryl/α,β-unsaturated/α-hetero) is 1. The van der Waals surface area contributed by atoms with Gasteiger partial charge in [0.15, 0.2) is 0 Å². The number of carbonyl (C=O) groups excluding carboxylic acids is 3. The average molecular weight is 446 g/mol. The molecule has 0 bridgehead atoms. The van der Waals surface area contributed by atoms with Crippen LogP contribution in [0.2, 0.25) is 5.82 Å². The average Bonchev–Trinajstić information content (AvgIpc) is 2.73. The van der Waals surface area contributed by atoms with Crippen molar-refractivity contribution in [3.05, 3.63) is 65.2 Å². The van der Waals surface area contributed by atoms with Crippen LogP contribution in [0, 0.1) is 0 Å². The fourth-order valence-electron chi connectivity index (χ4n) is 3.40. The Hall–Kier alpha value is -3.27. The third kappa shape index (κ3) is 6.13. The SMILES string of the molecule is CC(F)(F)CC(=O)C[C@H]1Cc2cccc(C(=O)OCOC(=O)c3ccccc3)c2OB1O. The minimum Gasteiger partial charge on any atom is -0.535 e. The molecule has 0 aromatic heterocycles. The van der Waals surface area contributed by atoms with E-state index in [4.69, 9.17) is 14.1 Å². The fraction of sp³-hybridized carbons (Fsp3) is 0.318. The lowest BCUT2D eigenvalue weighted by Crippen LogP contribution is -2.36. The van der Waals surface area contributed by atoms with Crippen LogP contribution in [-0.4, -0.2) is 42.6 Å². The molecule has 0 saturated carbocycles. The van der Waals surface area contributed by atoms with Gasteiger partial charge in [-0.15, -0.1) is 0 Å². The van der Waals surface area contributed by atoms with Crippen molar-refractivity contribution in [2.75, 3.05) is 6.79 Å². The third-order valence-electron chi connectivity index (χ3n) is 4.83. The summed E-state index contributed by atoms with van der Waals surface area (Å²) in [5.74, 6) is -5.97. The highest BCUT2D eigenvalue weighted by atomic mass is 19.3. The third-order valence-corrected chi connectivity index (χ3v) is 4.83. The van der Waals surface area contributed by atoms with Gasteiger partial charge >= 0.3 is 19.1 Å². The predicted molar refractivity (Wildman–Crippen MR) is 109 cm³/mol. The zero-order valence-electron chi connectivity index (χ0n) is 17.3. The van der Waals surface area contributed by atoms with Crippen LogP contribution < -0.4 is 4.65 Å². The zero-order chi connectivity index (χ0) is 23.3. The molecule has 0 radical (unpaired) electrons. The van der Waals surface area contributed by atoms with Crippen molar-refractivity contribution in [2.24, 2.45) is 0 Å². The van der Waals surface area contributed by atoms with E-state index in [9.17, 15) is 28.2 Å². The number of ether oxygens (including phenoxy) is 2. The topological polar surface area (TPSA) is 99.1 Å². The lowest BCUT2D eigenvalue weighted by atomic mass is 9.64. The minimum absolute atomic E-state index is 0.00202. The summed E-state index contributed by atoms with van der Waals surface area (Å²) < 4.78 is 41.4. The Morgan fingerprint density at radius 2 is 1.78 bits per heavy atom. The van der Waals surface area contributed by atoms with Crippen molar-refractivity contribution >= 4 is 24.8 Å². The quantitative estimate of drug-likeness (QED) is 0.377. The molecule has 1 heterocycles. The summed E-state index contributed by atoms with van der Waals surface area (Å²) in [6.45, 7) is 0.0319. The Kier molecular flexibility index (Phi) is 7.24. The van der Waals surface area contributed by atoms with E-state index in [-0.39, 0.29) is 24.2 Å². The van der Waals surface area contributed by atoms with E-state index in [2.05, 4.69) is 0 Å². The van der Waals surface area contributed by atoms with Crippen molar-refractivity contribution in [3.8, 4) is 5.75 Å². The van der Waals surface area contributed by atoms with Gasteiger partial charge in [0.2, 0.25) is 6.79 Å². The second kappa shape index (κ2) is 9.91. The molecule has 0 aliphatic carbocycles. The van der Waals surface area contributed by atoms with Crippen LogP contribution in [0.15, 0.2) is 48.5 Å². The van der Waals surface area contributed by atoms with Crippen LogP contribution in [-0.2, 0) is 20.7 Å². The van der Waals surface area contributed by atoms with E-state index in [1.807, 2.05) is 0 Å². The first-order valence-electron chi connectivity index (χ1n) is 9.89. The van der Waals surface area contributed by atoms with E-state index >= 15 is 0 Å². The molecule has 32 heavy (non-hydrogen) atoms. The number of ketones is 1. The number of benzene rings is 2. The zero-order valence-corrected chi connectivity index (χ0v) is 17.3. The molecule has 0 unspecified atom stereocenters. The summed E-state index contributed by atoms with van der Waals surface area (Å²) in [4.78, 5) is 36.2. The Labute approximate surface area is 183 Å². The summed E-state index contributed by atoms with van der Waals surface area (Å²) in [7, 11) is -1.46. The van der Waals surface area contributed by atoms with Gasteiger partial charge in [0.25, 0.3) is 5.92 Å². The summed E-state index contributed by atoms with van der Waals surface area (Å²) in [5.41, 5.74) is 0.822. The van der Waals surface area contributed by atoms with Gasteiger partial charge in [-0.2, -0.15) is 0 Å². The van der Waals surface area contributed by atoms with Gasteiger partial charge in [-0.3, -0.25) is 4.79 Å². The van der Waals surface area contributed by atoms with Crippen molar-refractivity contribution in [2.45, 2.75) is 37.9 Å². The Bertz CT molecular complexity index is 992. The van der Waals surface area contributed by atoms with E-state index in [1.165, 1.54) is 6.07 Å². The van der Waals surface area contributed by atoms with Gasteiger partial charge in [0.05, 0.1) is 12.0 Å². The summed E-state index contributed by atoms with van der Waals surface area (Å²) in [5, 5.41) is 10.3. The van der Waals surface area contributed by atoms with Gasteiger partial charge in [0, 0.05) is 12.2 Å². The first kappa shape index (κ1) is 23.4. The molecule has 0 saturated heterocycles. The number of esters is 2. The highest BCUT2D eigenvalue weighted by Gasteiger charge is 2.39. The molecular weight excluding hydrogens is 425 g/mol. The Morgan fingerprint density at radius 3 is 2.47 bits per heavy atom. The van der Waals surface area contributed by atoms with Gasteiger partial charge in [0.1, 0.15) is 17.1 Å². The largest absolute Gasteiger partial charge is 0.535 e. The molecule has 2 aromatic rings. The highest BCUT2D eigenvalue weighted by molar-refractivity contribution is 6.47. The van der Waals surface area contributed by atoms with Gasteiger partial charge in [-0.1, -0.05) is 30.3 Å². The van der Waals surface area contributed by atoms with Crippen molar-refractivity contribution in [3.63, 3.8) is 0 Å². The van der Waals surface area contributed by atoms with Crippen LogP contribution >= 0.6 is 0 Å². The molecule has 2 aromatic carbocycles. The first-order valence-corrected chi connectivity index (χ1v) is 9.89. The van der Waals surface area contributed by atoms with Crippen LogP contribution in [0.4, 0.5) is 8.78 Å². The monoisotopic (exact) mass is 446 g/mol. The van der Waals surface area contributed by atoms with E-state index in [0.29, 0.717) is 18.1 Å². The Morgan fingerprint density at radius 1 is 1.09 bits per heavy atom. The maximum Gasteiger partial charge on any atom is 0.526 e. The minimum atomic E-state index is -3.13. The molecular formula is C22H21BF2O7. The molecule has 1 aliphatic rings. The molecule has 0 amide bonds. The second-order valence-corrected chi connectivity index (χ2v) is 7.60. The van der Waals surface area contributed by atoms with Crippen molar-refractivity contribution in [1.82, 2.24) is 0 Å². The second-order valence-electron chi connectivity index (χ2n) is 7.60. The lowest BCUT2D eigenvalue weighted by Gasteiger charge is -2.28. The summed E-state index contributed by atoms with van der Waals surface area (Å²) in [6.07, 6.45) is -1.05. The first-order chi connectivity index (χ1) is 15.1. The van der Waals surface area contributed by atoms with E-state index in [1.54, 1.807) is 42.5 Å². The molecule has 1 atom stereocenters. The number of fused-ring (bicyclic) bond motifs is 1. The lowest BCUT2D eigenvalue weighted by molar-refractivity contribution is -0.125. The predicted octanol–water partition coefficient (Wildman–Crippen LogP) is 3.45. The molecule has 0 fully saturated rings. The van der Waals surface area contributed by atoms with Gasteiger partial charge < -0.3 is 19.2 Å². The van der Waals surface area contributed by atoms with Crippen molar-refractivity contribution < 1.29 is 42.3 Å². The molecule has 3 rings (SSSR count). The molecule has 168 valence electrons. The summed E-state index contributed by atoms with van der Waals surface area (Å²) >= 11 is 0. The number of hydrogen-bond donors (Lipinski definition) is 1. The normalized spacial score (nSPS) is 15.4. The van der Waals surface area contributed by atoms with Crippen LogP contribution in [0.1, 0.15) is 46.0 Å². The maximum atomic E-state index is 13.1. The fourth-order valence-corrected chi connectivity index (χ4v) is 3.40. The smallest absolute Gasteiger partial charge is 0.526 e. The van der Waals surface area contributed by atoms with E-state index < -0.39 is 49.8 Å². The molecule has 1 aliphatic heterocycles. The maximum absolute atomic E-state index is 13.1. The number of para-hydroxylation sites is 1. The number of rotatable bonds is 8. The van der Waals surface area contributed by atoms with Gasteiger partial charge in [-0.05, 0) is 37.1 Å². The standard InChI is InChI=1S/C22H21BF2O7/c1-22(24,25)12-17(26)11-16-10-15-8-5-9-18(19(15)32-23(16)29)21(28)31-13-30-20(27)14-6-3-2-4-7-14/h2-9,16,29H,10-13H2,1H3/t16-/m1/s1. The molecule has 1 N–H and O–H groups in total. The van der Waals surface area contributed by atoms with E-state index in [0.717, 1.165) is 0 Å². The number of halogens is 2. The summed E-state index contributed by atoms with van der Waals surface area (Å²) in [6, 6.07) is 12.8. The highest BCUT2D eigenvalue weighted by Crippen LogP contribution is 2.37. The van der Waals surface area contributed by atoms with Crippen LogP contribution in [0.5, 0.6) is 5.75 Å². The molecule has 0 spiro atoms. The van der Waals surface area contributed by atoms with Crippen LogP contribution in [0.25, 0.3) is 0 Å². The molecule has 10 heteroatoms. The number of alkyl halides is 2. The van der Waals surface area contributed by atoms with Gasteiger partial charge in [-0.25, -0.2) is 18.4 Å². The van der Waals surface area contributed by atoms with Crippen molar-refractivity contribution in [1.29, 1.82) is 0 Å². The van der Waals surface area contributed by atoms with Crippen LogP contribution in [0.3, 0.4) is 0 Å². The Balaban J connectivity index is 1.61. The number of hydrogen-bond acceptors (Lipinski definition) is 7. The molecule has 7 nitrogen and oxygen atoms in total.